The van der Waals surface area contributed by atoms with Crippen LogP contribution in [0.3, 0.4) is 0 Å². The smallest absolute Gasteiger partial charge is 0.270 e. The summed E-state index contributed by atoms with van der Waals surface area (Å²) in [7, 11) is 0. The zero-order valence-corrected chi connectivity index (χ0v) is 8.17. The van der Waals surface area contributed by atoms with Crippen LogP contribution in [0, 0.1) is 18.3 Å². The van der Waals surface area contributed by atoms with Crippen molar-refractivity contribution in [3.8, 4) is 6.07 Å². The molecule has 0 unspecified atom stereocenters. The molecule has 1 aromatic rings. The van der Waals surface area contributed by atoms with Gasteiger partial charge in [-0.1, -0.05) is 0 Å². The third-order valence-electron chi connectivity index (χ3n) is 1.39. The average Bonchev–Trinajstić information content (AvgIpc) is 2.12. The highest BCUT2D eigenvalue weighted by Crippen LogP contribution is 2.04. The molecule has 0 aliphatic rings. The van der Waals surface area contributed by atoms with Crippen molar-refractivity contribution in [2.45, 2.75) is 6.92 Å². The Kier molecular flexibility index (Phi) is 3.37. The highest BCUT2D eigenvalue weighted by atomic mass is 35.5. The van der Waals surface area contributed by atoms with Crippen molar-refractivity contribution >= 4 is 17.5 Å². The van der Waals surface area contributed by atoms with Crippen LogP contribution in [0.2, 0.25) is 5.28 Å². The molecule has 1 N–H and O–H groups in total. The van der Waals surface area contributed by atoms with Gasteiger partial charge < -0.3 is 5.32 Å². The highest BCUT2D eigenvalue weighted by Gasteiger charge is 2.08. The van der Waals surface area contributed by atoms with Gasteiger partial charge in [0.2, 0.25) is 5.28 Å². The number of nitrogens with one attached hydrogen (secondary N) is 1. The second-order valence-electron chi connectivity index (χ2n) is 2.50. The van der Waals surface area contributed by atoms with Crippen molar-refractivity contribution in [1.29, 1.82) is 5.26 Å². The highest BCUT2D eigenvalue weighted by molar-refractivity contribution is 6.28. The molecule has 14 heavy (non-hydrogen) atoms. The Bertz CT molecular complexity index is 379. The maximum absolute atomic E-state index is 11.3. The zero-order chi connectivity index (χ0) is 10.6. The summed E-state index contributed by atoms with van der Waals surface area (Å²) in [5, 5.41) is 10.6. The molecule has 0 spiro atoms. The summed E-state index contributed by atoms with van der Waals surface area (Å²) in [6.45, 7) is 1.65. The van der Waals surface area contributed by atoms with E-state index in [-0.39, 0.29) is 17.5 Å². The fourth-order valence-corrected chi connectivity index (χ4v) is 1.08. The standard InChI is InChI=1S/C8H7ClN4O/c1-5-4-6(13-8(9)12-5)7(14)11-3-2-10/h4H,3H2,1H3,(H,11,14). The third-order valence-corrected chi connectivity index (χ3v) is 1.56. The average molecular weight is 211 g/mol. The Balaban J connectivity index is 2.85. The fourth-order valence-electron chi connectivity index (χ4n) is 0.859. The molecule has 72 valence electrons. The van der Waals surface area contributed by atoms with E-state index in [1.807, 2.05) is 0 Å². The van der Waals surface area contributed by atoms with Crippen molar-refractivity contribution in [1.82, 2.24) is 15.3 Å². The molecule has 1 heterocycles. The van der Waals surface area contributed by atoms with Gasteiger partial charge in [-0.05, 0) is 24.6 Å². The molecular formula is C8H7ClN4O. The molecule has 1 rings (SSSR count). The van der Waals surface area contributed by atoms with E-state index >= 15 is 0 Å². The van der Waals surface area contributed by atoms with Crippen LogP contribution in [0.25, 0.3) is 0 Å². The molecule has 0 aromatic carbocycles. The van der Waals surface area contributed by atoms with E-state index in [2.05, 4.69) is 15.3 Å². The molecular weight excluding hydrogens is 204 g/mol. The number of aryl methyl sites for hydroxylation is 1. The van der Waals surface area contributed by atoms with Crippen molar-refractivity contribution in [2.24, 2.45) is 0 Å². The Morgan fingerprint density at radius 3 is 3.00 bits per heavy atom. The van der Waals surface area contributed by atoms with Gasteiger partial charge in [-0.2, -0.15) is 5.26 Å². The van der Waals surface area contributed by atoms with E-state index in [0.717, 1.165) is 0 Å². The van der Waals surface area contributed by atoms with Gasteiger partial charge in [0.05, 0.1) is 6.07 Å². The maximum atomic E-state index is 11.3. The van der Waals surface area contributed by atoms with Crippen LogP contribution in [0.5, 0.6) is 0 Å². The SMILES string of the molecule is Cc1cc(C(=O)NCC#N)nc(Cl)n1. The minimum atomic E-state index is -0.432. The minimum absolute atomic E-state index is 0.0205. The lowest BCUT2D eigenvalue weighted by molar-refractivity contribution is 0.0953. The lowest BCUT2D eigenvalue weighted by atomic mass is 10.3. The first kappa shape index (κ1) is 10.4. The largest absolute Gasteiger partial charge is 0.338 e. The van der Waals surface area contributed by atoms with Crippen LogP contribution in [0.1, 0.15) is 16.2 Å². The van der Waals surface area contributed by atoms with Gasteiger partial charge >= 0.3 is 0 Å². The molecule has 5 nitrogen and oxygen atoms in total. The second-order valence-corrected chi connectivity index (χ2v) is 2.84. The van der Waals surface area contributed by atoms with Gasteiger partial charge in [0.1, 0.15) is 12.2 Å². The van der Waals surface area contributed by atoms with E-state index in [0.29, 0.717) is 5.69 Å². The van der Waals surface area contributed by atoms with Gasteiger partial charge in [-0.3, -0.25) is 4.79 Å². The second kappa shape index (κ2) is 4.53. The summed E-state index contributed by atoms with van der Waals surface area (Å²) < 4.78 is 0. The summed E-state index contributed by atoms with van der Waals surface area (Å²) in [5.74, 6) is -0.432. The van der Waals surface area contributed by atoms with Crippen molar-refractivity contribution in [3.05, 3.63) is 22.7 Å². The predicted molar refractivity (Wildman–Crippen MR) is 49.7 cm³/mol. The number of carbonyl (C=O) groups excluding carboxylic acids is 1. The van der Waals surface area contributed by atoms with Crippen LogP contribution < -0.4 is 5.32 Å². The normalized spacial score (nSPS) is 9.21. The number of halogens is 1. The predicted octanol–water partition coefficient (Wildman–Crippen LogP) is 0.692. The molecule has 1 aromatic heterocycles. The monoisotopic (exact) mass is 210 g/mol. The number of hydrogen-bond donors (Lipinski definition) is 1. The number of amides is 1. The van der Waals surface area contributed by atoms with Gasteiger partial charge in [0.25, 0.3) is 5.91 Å². The molecule has 0 aliphatic heterocycles. The Morgan fingerprint density at radius 1 is 1.71 bits per heavy atom. The maximum Gasteiger partial charge on any atom is 0.270 e. The molecule has 0 radical (unpaired) electrons. The number of carbonyl (C=O) groups is 1. The molecule has 0 fully saturated rings. The molecule has 0 atom stereocenters. The van der Waals surface area contributed by atoms with E-state index < -0.39 is 5.91 Å². The quantitative estimate of drug-likeness (QED) is 0.576. The van der Waals surface area contributed by atoms with E-state index in [1.54, 1.807) is 13.0 Å². The fraction of sp³-hybridized carbons (Fsp3) is 0.250. The van der Waals surface area contributed by atoms with Gasteiger partial charge in [0.15, 0.2) is 0 Å². The van der Waals surface area contributed by atoms with Crippen molar-refractivity contribution < 1.29 is 4.79 Å². The van der Waals surface area contributed by atoms with E-state index in [1.165, 1.54) is 6.07 Å². The first-order valence-electron chi connectivity index (χ1n) is 3.80. The topological polar surface area (TPSA) is 78.7 Å². The van der Waals surface area contributed by atoms with Gasteiger partial charge in [-0.25, -0.2) is 9.97 Å². The first-order chi connectivity index (χ1) is 6.63. The van der Waals surface area contributed by atoms with Crippen LogP contribution in [-0.4, -0.2) is 22.4 Å². The van der Waals surface area contributed by atoms with E-state index in [4.69, 9.17) is 16.9 Å². The number of rotatable bonds is 2. The van der Waals surface area contributed by atoms with Crippen LogP contribution >= 0.6 is 11.6 Å². The minimum Gasteiger partial charge on any atom is -0.338 e. The molecule has 0 bridgehead atoms. The van der Waals surface area contributed by atoms with Crippen LogP contribution in [0.4, 0.5) is 0 Å². The van der Waals surface area contributed by atoms with Crippen molar-refractivity contribution in [2.75, 3.05) is 6.54 Å². The lowest BCUT2D eigenvalue weighted by Crippen LogP contribution is -2.24. The van der Waals surface area contributed by atoms with Crippen LogP contribution in [0.15, 0.2) is 6.07 Å². The number of nitrogens with zero attached hydrogens (tertiary/aromatic N) is 3. The summed E-state index contributed by atoms with van der Waals surface area (Å²) in [4.78, 5) is 18.8. The Hall–Kier alpha value is -1.67. The summed E-state index contributed by atoms with van der Waals surface area (Å²) in [6.07, 6.45) is 0. The number of aromatic nitrogens is 2. The Morgan fingerprint density at radius 2 is 2.43 bits per heavy atom. The first-order valence-corrected chi connectivity index (χ1v) is 4.17. The number of hydrogen-bond acceptors (Lipinski definition) is 4. The number of nitriles is 1. The molecule has 1 amide bonds. The molecule has 0 saturated carbocycles. The van der Waals surface area contributed by atoms with Crippen LogP contribution in [-0.2, 0) is 0 Å². The summed E-state index contributed by atoms with van der Waals surface area (Å²) in [6, 6.07) is 3.29. The summed E-state index contributed by atoms with van der Waals surface area (Å²) in [5.41, 5.74) is 0.768. The molecule has 0 saturated heterocycles. The molecule has 6 heteroatoms. The zero-order valence-electron chi connectivity index (χ0n) is 7.41. The van der Waals surface area contributed by atoms with E-state index in [9.17, 15) is 4.79 Å². The molecule has 0 aliphatic carbocycles. The lowest BCUT2D eigenvalue weighted by Gasteiger charge is -2.01. The third kappa shape index (κ3) is 2.68. The summed E-state index contributed by atoms with van der Waals surface area (Å²) >= 11 is 5.56. The van der Waals surface area contributed by atoms with Crippen molar-refractivity contribution in [3.63, 3.8) is 0 Å². The van der Waals surface area contributed by atoms with Gasteiger partial charge in [-0.15, -0.1) is 0 Å². The van der Waals surface area contributed by atoms with Gasteiger partial charge in [0, 0.05) is 5.69 Å². The Labute approximate surface area is 85.7 Å².